The largest absolute Gasteiger partial charge is 0.493 e. The summed E-state index contributed by atoms with van der Waals surface area (Å²) in [5, 5.41) is 2.45. The molecule has 3 heterocycles. The van der Waals surface area contributed by atoms with E-state index < -0.39 is 0 Å². The maximum absolute atomic E-state index is 4.32. The number of aryl methyl sites for hydroxylation is 1. The van der Waals surface area contributed by atoms with Crippen LogP contribution in [-0.4, -0.2) is 30.8 Å². The van der Waals surface area contributed by atoms with E-state index in [0.717, 1.165) is 22.6 Å². The van der Waals surface area contributed by atoms with Gasteiger partial charge in [-0.3, -0.25) is 0 Å². The monoisotopic (exact) mass is 711 g/mol. The van der Waals surface area contributed by atoms with Crippen LogP contribution < -0.4 is 0 Å². The molecular weight excluding hydrogens is 681 g/mol. The molecule has 0 atom stereocenters. The molecule has 6 aromatic rings. The number of para-hydroxylation sites is 2. The second-order valence-electron chi connectivity index (χ2n) is 10.1. The van der Waals surface area contributed by atoms with Gasteiger partial charge in [-0.05, 0) is 61.1 Å². The van der Waals surface area contributed by atoms with Crippen LogP contribution in [0, 0.1) is 19.1 Å². The number of nitrogens with zero attached hydrogens (tertiary/aromatic N) is 4. The van der Waals surface area contributed by atoms with Crippen LogP contribution >= 0.6 is 0 Å². The molecule has 7 rings (SSSR count). The summed E-state index contributed by atoms with van der Waals surface area (Å²) >= 11 is 0. The Bertz CT molecular complexity index is 1890. The zero-order valence-corrected chi connectivity index (χ0v) is 25.6. The normalized spacial score (nSPS) is 12.1. The molecule has 0 fully saturated rings. The first-order valence-corrected chi connectivity index (χ1v) is 13.5. The van der Waals surface area contributed by atoms with Crippen molar-refractivity contribution in [2.45, 2.75) is 26.8 Å². The summed E-state index contributed by atoms with van der Waals surface area (Å²) in [4.78, 5) is 4.32. The Labute approximate surface area is 254 Å². The van der Waals surface area contributed by atoms with E-state index in [1.165, 1.54) is 27.4 Å². The summed E-state index contributed by atoms with van der Waals surface area (Å²) in [5.41, 5.74) is 7.73. The van der Waals surface area contributed by atoms with Crippen LogP contribution in [0.5, 0.6) is 0 Å². The van der Waals surface area contributed by atoms with Gasteiger partial charge in [-0.25, -0.2) is 0 Å². The minimum Gasteiger partial charge on any atom is -0.334 e. The van der Waals surface area contributed by atoms with Crippen molar-refractivity contribution in [3.05, 3.63) is 139 Å². The Morgan fingerprint density at radius 3 is 2.29 bits per heavy atom. The van der Waals surface area contributed by atoms with Crippen molar-refractivity contribution >= 4 is 33.5 Å². The molecule has 4 aromatic carbocycles. The molecule has 1 radical (unpaired) electrons. The predicted octanol–water partition coefficient (Wildman–Crippen LogP) is 8.16. The number of rotatable bonds is 4. The summed E-state index contributed by atoms with van der Waals surface area (Å²) < 4.78 is 6.40. The van der Waals surface area contributed by atoms with Crippen LogP contribution in [0.4, 0.5) is 5.69 Å². The van der Waals surface area contributed by atoms with Crippen LogP contribution in [0.15, 0.2) is 122 Å². The molecule has 5 heteroatoms. The molecule has 41 heavy (non-hydrogen) atoms. The third kappa shape index (κ3) is 5.89. The SMILES string of the molecule is CC(C)[N+]1=C=[N+](c2[c-]cc3c4ccccc4n(-c4ccccc4)c3c2)C=C1.Cc1ccc(-c2[c-]cccc2)nc1.[Ir]. The predicted molar refractivity (Wildman–Crippen MR) is 162 cm³/mol. The van der Waals surface area contributed by atoms with Gasteiger partial charge < -0.3 is 9.55 Å². The Balaban J connectivity index is 0.000000204. The van der Waals surface area contributed by atoms with Crippen LogP contribution in [0.25, 0.3) is 38.8 Å². The second kappa shape index (κ2) is 12.4. The standard InChI is InChI=1S/C24H20N3.C12H10N.Ir/c1-18(2)25-14-15-26(17-25)20-12-13-22-21-10-6-7-11-23(21)27(24(22)16-20)19-8-4-3-5-9-19;1-10-7-8-12(13-9-10)11-5-3-2-4-6-11;/h3-11,13-16,18H,1-2H3;2-5,7-9H,1H3;/q+1;-1;. The Morgan fingerprint density at radius 2 is 1.59 bits per heavy atom. The van der Waals surface area contributed by atoms with Gasteiger partial charge in [-0.1, -0.05) is 63.7 Å². The smallest absolute Gasteiger partial charge is 0.334 e. The summed E-state index contributed by atoms with van der Waals surface area (Å²) in [5.74, 6) is 0. The van der Waals surface area contributed by atoms with Gasteiger partial charge >= 0.3 is 6.01 Å². The molecule has 0 aliphatic carbocycles. The van der Waals surface area contributed by atoms with Gasteiger partial charge in [0.15, 0.2) is 6.04 Å². The molecule has 203 valence electrons. The van der Waals surface area contributed by atoms with Crippen molar-refractivity contribution in [3.8, 4) is 16.9 Å². The summed E-state index contributed by atoms with van der Waals surface area (Å²) in [7, 11) is 0. The molecule has 1 aliphatic heterocycles. The number of fused-ring (bicyclic) bond motifs is 3. The fourth-order valence-electron chi connectivity index (χ4n) is 4.82. The third-order valence-electron chi connectivity index (χ3n) is 6.92. The van der Waals surface area contributed by atoms with E-state index in [1.807, 2.05) is 54.2 Å². The third-order valence-corrected chi connectivity index (χ3v) is 6.92. The number of hydrogen-bond donors (Lipinski definition) is 0. The maximum Gasteiger partial charge on any atom is 0.493 e. The first kappa shape index (κ1) is 28.1. The van der Waals surface area contributed by atoms with Crippen molar-refractivity contribution < 1.29 is 29.3 Å². The molecule has 0 bridgehead atoms. The van der Waals surface area contributed by atoms with Gasteiger partial charge in [0.2, 0.25) is 6.20 Å². The van der Waals surface area contributed by atoms with Crippen LogP contribution in [-0.2, 0) is 20.1 Å². The van der Waals surface area contributed by atoms with Gasteiger partial charge in [-0.2, -0.15) is 6.07 Å². The molecule has 0 amide bonds. The van der Waals surface area contributed by atoms with E-state index in [4.69, 9.17) is 0 Å². The van der Waals surface area contributed by atoms with Gasteiger partial charge in [0.05, 0.1) is 0 Å². The Kier molecular flexibility index (Phi) is 8.52. The first-order valence-electron chi connectivity index (χ1n) is 13.5. The minimum atomic E-state index is 0. The number of pyridine rings is 1. The van der Waals surface area contributed by atoms with Crippen molar-refractivity contribution in [1.29, 1.82) is 0 Å². The molecule has 0 saturated heterocycles. The van der Waals surface area contributed by atoms with E-state index in [-0.39, 0.29) is 20.1 Å². The fraction of sp³-hybridized carbons (Fsp3) is 0.111. The number of aromatic nitrogens is 2. The van der Waals surface area contributed by atoms with E-state index in [9.17, 15) is 0 Å². The molecule has 0 unspecified atom stereocenters. The van der Waals surface area contributed by atoms with Crippen molar-refractivity contribution in [2.75, 3.05) is 0 Å². The van der Waals surface area contributed by atoms with E-state index in [1.54, 1.807) is 0 Å². The van der Waals surface area contributed by atoms with Crippen molar-refractivity contribution in [3.63, 3.8) is 0 Å². The Morgan fingerprint density at radius 1 is 0.805 bits per heavy atom. The summed E-state index contributed by atoms with van der Waals surface area (Å²) in [6.45, 7) is 6.34. The molecule has 0 saturated carbocycles. The van der Waals surface area contributed by atoms with Crippen molar-refractivity contribution in [1.82, 2.24) is 9.55 Å². The molecule has 0 spiro atoms. The zero-order valence-electron chi connectivity index (χ0n) is 23.2. The van der Waals surface area contributed by atoms with Gasteiger partial charge in [-0.15, -0.1) is 47.3 Å². The Hall–Kier alpha value is -4.40. The van der Waals surface area contributed by atoms with Gasteiger partial charge in [0.25, 0.3) is 6.20 Å². The number of hydrogen-bond acceptors (Lipinski definition) is 1. The molecule has 0 N–H and O–H groups in total. The van der Waals surface area contributed by atoms with Gasteiger partial charge in [0.1, 0.15) is 5.69 Å². The van der Waals surface area contributed by atoms with E-state index >= 15 is 0 Å². The average Bonchev–Trinajstić information content (AvgIpc) is 3.62. The number of benzene rings is 4. The van der Waals surface area contributed by atoms with E-state index in [0.29, 0.717) is 6.04 Å². The molecule has 4 nitrogen and oxygen atoms in total. The molecule has 2 aromatic heterocycles. The maximum atomic E-state index is 4.32. The second-order valence-corrected chi connectivity index (χ2v) is 10.1. The molecule has 1 aliphatic rings. The van der Waals surface area contributed by atoms with Crippen molar-refractivity contribution in [2.24, 2.45) is 0 Å². The van der Waals surface area contributed by atoms with Crippen LogP contribution in [0.1, 0.15) is 19.4 Å². The molecular formula is C36H30IrN4. The quantitative estimate of drug-likeness (QED) is 0.134. The average molecular weight is 711 g/mol. The minimum absolute atomic E-state index is 0. The first-order chi connectivity index (χ1) is 19.6. The van der Waals surface area contributed by atoms with Crippen LogP contribution in [0.3, 0.4) is 0 Å². The van der Waals surface area contributed by atoms with Gasteiger partial charge in [0, 0.05) is 37.5 Å². The van der Waals surface area contributed by atoms with Crippen LogP contribution in [0.2, 0.25) is 0 Å². The zero-order chi connectivity index (χ0) is 27.5. The summed E-state index contributed by atoms with van der Waals surface area (Å²) in [6, 6.07) is 45.6. The summed E-state index contributed by atoms with van der Waals surface area (Å²) in [6.07, 6.45) is 5.96. The van der Waals surface area contributed by atoms with E-state index in [2.05, 4.69) is 125 Å². The topological polar surface area (TPSA) is 23.8 Å². The fourth-order valence-corrected chi connectivity index (χ4v) is 4.82.